The van der Waals surface area contributed by atoms with Gasteiger partial charge in [-0.15, -0.1) is 0 Å². The normalized spacial score (nSPS) is 11.5. The van der Waals surface area contributed by atoms with Gasteiger partial charge in [0, 0.05) is 12.7 Å². The molecule has 158 valence electrons. The lowest BCUT2D eigenvalue weighted by atomic mass is 10.2. The molecule has 8 heteroatoms. The van der Waals surface area contributed by atoms with Gasteiger partial charge in [0.1, 0.15) is 16.9 Å². The average Bonchev–Trinajstić information content (AvgIpc) is 3.06. The quantitative estimate of drug-likeness (QED) is 0.336. The van der Waals surface area contributed by atoms with Crippen molar-refractivity contribution in [2.24, 2.45) is 5.10 Å². The number of hydrogen-bond donors (Lipinski definition) is 2. The van der Waals surface area contributed by atoms with E-state index in [-0.39, 0.29) is 11.7 Å². The number of hydrogen-bond acceptors (Lipinski definition) is 6. The zero-order valence-electron chi connectivity index (χ0n) is 17.5. The first kappa shape index (κ1) is 20.5. The topological polar surface area (TPSA) is 111 Å². The van der Waals surface area contributed by atoms with Crippen LogP contribution in [-0.4, -0.2) is 38.3 Å². The Bertz CT molecular complexity index is 1230. The summed E-state index contributed by atoms with van der Waals surface area (Å²) in [6, 6.07) is 13.0. The third-order valence-electron chi connectivity index (χ3n) is 5.01. The van der Waals surface area contributed by atoms with Crippen LogP contribution in [-0.2, 0) is 0 Å². The molecule has 0 fully saturated rings. The van der Waals surface area contributed by atoms with E-state index in [0.29, 0.717) is 40.0 Å². The molecule has 1 aromatic carbocycles. The summed E-state index contributed by atoms with van der Waals surface area (Å²) in [6.07, 6.45) is 7.56. The van der Waals surface area contributed by atoms with E-state index in [1.165, 1.54) is 4.68 Å². The van der Waals surface area contributed by atoms with Crippen molar-refractivity contribution < 1.29 is 4.79 Å². The predicted octanol–water partition coefficient (Wildman–Crippen LogP) is 3.75. The van der Waals surface area contributed by atoms with Gasteiger partial charge in [-0.05, 0) is 30.7 Å². The van der Waals surface area contributed by atoms with Crippen LogP contribution in [0.4, 0.5) is 5.82 Å². The second kappa shape index (κ2) is 9.34. The van der Waals surface area contributed by atoms with E-state index < -0.39 is 0 Å². The van der Waals surface area contributed by atoms with Gasteiger partial charge in [-0.3, -0.25) is 9.78 Å². The molecule has 3 N–H and O–H groups in total. The monoisotopic (exact) mass is 415 g/mol. The molecule has 0 atom stereocenters. The Kier molecular flexibility index (Phi) is 6.16. The number of pyridine rings is 1. The van der Waals surface area contributed by atoms with E-state index in [1.54, 1.807) is 12.4 Å². The number of para-hydroxylation sites is 2. The van der Waals surface area contributed by atoms with Crippen LogP contribution in [0.1, 0.15) is 48.7 Å². The number of rotatable bonds is 8. The molecule has 4 rings (SSSR count). The second-order valence-corrected chi connectivity index (χ2v) is 7.27. The highest BCUT2D eigenvalue weighted by atomic mass is 16.1. The van der Waals surface area contributed by atoms with Crippen molar-refractivity contribution in [2.45, 2.75) is 32.6 Å². The second-order valence-electron chi connectivity index (χ2n) is 7.27. The van der Waals surface area contributed by atoms with Gasteiger partial charge in [0.25, 0.3) is 5.91 Å². The molecule has 3 aromatic heterocycles. The minimum Gasteiger partial charge on any atom is -0.383 e. The van der Waals surface area contributed by atoms with E-state index in [1.807, 2.05) is 42.5 Å². The van der Waals surface area contributed by atoms with Crippen molar-refractivity contribution in [3.8, 4) is 0 Å². The number of amides is 1. The van der Waals surface area contributed by atoms with Crippen LogP contribution >= 0.6 is 0 Å². The lowest BCUT2D eigenvalue weighted by Gasteiger charge is -2.05. The van der Waals surface area contributed by atoms with Crippen molar-refractivity contribution in [3.05, 3.63) is 59.9 Å². The molecule has 0 bridgehead atoms. The summed E-state index contributed by atoms with van der Waals surface area (Å²) in [5.74, 6) is -0.0705. The number of carbonyl (C=O) groups excluding carboxylic acids is 1. The third kappa shape index (κ3) is 4.37. The molecule has 0 saturated heterocycles. The molecule has 4 aromatic rings. The molecule has 0 saturated carbocycles. The number of nitrogens with two attached hydrogens (primary N) is 1. The third-order valence-corrected chi connectivity index (χ3v) is 5.01. The molecule has 3 heterocycles. The maximum atomic E-state index is 13.0. The van der Waals surface area contributed by atoms with Crippen molar-refractivity contribution in [1.82, 2.24) is 24.9 Å². The van der Waals surface area contributed by atoms with Crippen molar-refractivity contribution in [3.63, 3.8) is 0 Å². The summed E-state index contributed by atoms with van der Waals surface area (Å²) in [7, 11) is 0. The molecular formula is C23H25N7O. The molecule has 0 aliphatic heterocycles. The van der Waals surface area contributed by atoms with Crippen LogP contribution in [0.25, 0.3) is 22.2 Å². The molecular weight excluding hydrogens is 390 g/mol. The van der Waals surface area contributed by atoms with Crippen molar-refractivity contribution >= 4 is 40.1 Å². The first-order valence-electron chi connectivity index (χ1n) is 10.5. The lowest BCUT2D eigenvalue weighted by Crippen LogP contribution is -2.25. The Morgan fingerprint density at radius 2 is 1.87 bits per heavy atom. The number of nitrogens with zero attached hydrogens (tertiary/aromatic N) is 5. The van der Waals surface area contributed by atoms with Gasteiger partial charge in [-0.25, -0.2) is 9.97 Å². The number of nitrogen functional groups attached to an aromatic ring is 1. The van der Waals surface area contributed by atoms with Crippen LogP contribution in [0, 0.1) is 0 Å². The van der Waals surface area contributed by atoms with Crippen LogP contribution in [0.5, 0.6) is 0 Å². The standard InChI is InChI=1S/C23H25N7O/c1-2-3-4-8-14-26-23(31)19-20-22(29-18-12-6-5-11-17(18)28-20)30(21(19)24)27-15-16-10-7-9-13-25-16/h5-7,9-13,15H,2-4,8,14,24H2,1H3,(H,26,31). The SMILES string of the molecule is CCCCCCNC(=O)c1c(N)n(N=Cc2ccccn2)c2nc3ccccc3nc12. The highest BCUT2D eigenvalue weighted by molar-refractivity contribution is 6.10. The lowest BCUT2D eigenvalue weighted by molar-refractivity contribution is 0.0955. The predicted molar refractivity (Wildman–Crippen MR) is 123 cm³/mol. The summed E-state index contributed by atoms with van der Waals surface area (Å²) < 4.78 is 1.45. The largest absolute Gasteiger partial charge is 0.383 e. The molecule has 0 radical (unpaired) electrons. The molecule has 8 nitrogen and oxygen atoms in total. The van der Waals surface area contributed by atoms with Gasteiger partial charge in [-0.2, -0.15) is 9.78 Å². The smallest absolute Gasteiger partial charge is 0.257 e. The summed E-state index contributed by atoms with van der Waals surface area (Å²) in [6.45, 7) is 2.74. The number of nitrogens with one attached hydrogen (secondary N) is 1. The Labute approximate surface area is 180 Å². The highest BCUT2D eigenvalue weighted by Gasteiger charge is 2.23. The van der Waals surface area contributed by atoms with Gasteiger partial charge in [0.15, 0.2) is 5.65 Å². The Morgan fingerprint density at radius 1 is 1.10 bits per heavy atom. The van der Waals surface area contributed by atoms with Gasteiger partial charge >= 0.3 is 0 Å². The molecule has 0 unspecified atom stereocenters. The van der Waals surface area contributed by atoms with Crippen LogP contribution in [0.15, 0.2) is 53.8 Å². The van der Waals surface area contributed by atoms with Crippen LogP contribution in [0.2, 0.25) is 0 Å². The molecule has 31 heavy (non-hydrogen) atoms. The van der Waals surface area contributed by atoms with Gasteiger partial charge in [0.05, 0.1) is 22.9 Å². The summed E-state index contributed by atoms with van der Waals surface area (Å²) in [4.78, 5) is 26.6. The van der Waals surface area contributed by atoms with Crippen molar-refractivity contribution in [2.75, 3.05) is 12.3 Å². The Morgan fingerprint density at radius 3 is 2.61 bits per heavy atom. The van der Waals surface area contributed by atoms with E-state index in [2.05, 4.69) is 32.3 Å². The minimum atomic E-state index is -0.268. The van der Waals surface area contributed by atoms with Gasteiger partial charge < -0.3 is 11.1 Å². The number of fused-ring (bicyclic) bond motifs is 2. The first-order valence-corrected chi connectivity index (χ1v) is 10.5. The fraction of sp³-hybridized carbons (Fsp3) is 0.261. The molecule has 1 amide bonds. The maximum Gasteiger partial charge on any atom is 0.257 e. The zero-order valence-corrected chi connectivity index (χ0v) is 17.5. The van der Waals surface area contributed by atoms with E-state index in [0.717, 1.165) is 25.7 Å². The van der Waals surface area contributed by atoms with E-state index in [4.69, 9.17) is 5.73 Å². The van der Waals surface area contributed by atoms with E-state index >= 15 is 0 Å². The number of carbonyl (C=O) groups is 1. The summed E-state index contributed by atoms with van der Waals surface area (Å²) in [5.41, 5.74) is 9.60. The van der Waals surface area contributed by atoms with Gasteiger partial charge in [0.2, 0.25) is 0 Å². The van der Waals surface area contributed by atoms with Crippen LogP contribution < -0.4 is 11.1 Å². The fourth-order valence-corrected chi connectivity index (χ4v) is 3.40. The maximum absolute atomic E-state index is 13.0. The molecule has 0 spiro atoms. The summed E-state index contributed by atoms with van der Waals surface area (Å²) >= 11 is 0. The zero-order chi connectivity index (χ0) is 21.6. The number of anilines is 1. The minimum absolute atomic E-state index is 0.198. The number of aromatic nitrogens is 4. The van der Waals surface area contributed by atoms with Gasteiger partial charge in [-0.1, -0.05) is 44.4 Å². The highest BCUT2D eigenvalue weighted by Crippen LogP contribution is 2.27. The summed E-state index contributed by atoms with van der Waals surface area (Å²) in [5, 5.41) is 7.42. The fourth-order valence-electron chi connectivity index (χ4n) is 3.40. The number of unbranched alkanes of at least 4 members (excludes halogenated alkanes) is 3. The van der Waals surface area contributed by atoms with E-state index in [9.17, 15) is 4.79 Å². The molecule has 0 aliphatic rings. The van der Waals surface area contributed by atoms with Crippen molar-refractivity contribution in [1.29, 1.82) is 0 Å². The molecule has 0 aliphatic carbocycles. The Balaban J connectivity index is 1.75. The van der Waals surface area contributed by atoms with Crippen LogP contribution in [0.3, 0.4) is 0 Å². The Hall–Kier alpha value is -3.81. The average molecular weight is 416 g/mol. The number of benzene rings is 1. The first-order chi connectivity index (χ1) is 15.2.